The minimum Gasteiger partial charge on any atom is -0.380 e. The molecule has 0 aromatic carbocycles. The van der Waals surface area contributed by atoms with E-state index in [1.807, 2.05) is 7.05 Å². The summed E-state index contributed by atoms with van der Waals surface area (Å²) in [6.07, 6.45) is 4.22. The van der Waals surface area contributed by atoms with E-state index in [2.05, 4.69) is 4.90 Å². The van der Waals surface area contributed by atoms with Crippen LogP contribution >= 0.6 is 11.6 Å². The van der Waals surface area contributed by atoms with Crippen molar-refractivity contribution in [3.05, 3.63) is 12.2 Å². The fraction of sp³-hybridized carbons (Fsp3) is 0.667. The highest BCUT2D eigenvalue weighted by Crippen LogP contribution is 2.09. The third-order valence-corrected chi connectivity index (χ3v) is 2.30. The van der Waals surface area contributed by atoms with Crippen molar-refractivity contribution < 1.29 is 9.53 Å². The van der Waals surface area contributed by atoms with Gasteiger partial charge in [0.25, 0.3) is 0 Å². The first-order chi connectivity index (χ1) is 6.20. The van der Waals surface area contributed by atoms with Gasteiger partial charge in [0.1, 0.15) is 0 Å². The van der Waals surface area contributed by atoms with E-state index in [-0.39, 0.29) is 0 Å². The van der Waals surface area contributed by atoms with Gasteiger partial charge in [-0.25, -0.2) is 0 Å². The third-order valence-electron chi connectivity index (χ3n) is 2.17. The lowest BCUT2D eigenvalue weighted by molar-refractivity contribution is -0.107. The van der Waals surface area contributed by atoms with Crippen LogP contribution in [0.4, 0.5) is 0 Å². The Labute approximate surface area is 83.3 Å². The minimum atomic E-state index is -0.420. The highest BCUT2D eigenvalue weighted by Gasteiger charge is 2.18. The Morgan fingerprint density at radius 2 is 2.54 bits per heavy atom. The summed E-state index contributed by atoms with van der Waals surface area (Å²) in [5.74, 6) is 0. The maximum Gasteiger partial charge on any atom is 0.244 e. The zero-order chi connectivity index (χ0) is 9.68. The Balaban J connectivity index is 2.23. The van der Waals surface area contributed by atoms with Crippen LogP contribution < -0.4 is 0 Å². The van der Waals surface area contributed by atoms with E-state index in [9.17, 15) is 4.79 Å². The molecule has 0 radical (unpaired) electrons. The Hall–Kier alpha value is -0.380. The Kier molecular flexibility index (Phi) is 4.42. The monoisotopic (exact) mass is 203 g/mol. The minimum absolute atomic E-state index is 0.420. The average Bonchev–Trinajstić information content (AvgIpc) is 2.55. The molecule has 0 aromatic heterocycles. The largest absolute Gasteiger partial charge is 0.380 e. The molecule has 1 atom stereocenters. The Morgan fingerprint density at radius 3 is 3.08 bits per heavy atom. The van der Waals surface area contributed by atoms with Crippen molar-refractivity contribution in [1.29, 1.82) is 0 Å². The first-order valence-electron chi connectivity index (χ1n) is 4.34. The van der Waals surface area contributed by atoms with Crippen LogP contribution in [-0.2, 0) is 9.53 Å². The van der Waals surface area contributed by atoms with E-state index in [4.69, 9.17) is 16.3 Å². The fourth-order valence-electron chi connectivity index (χ4n) is 1.33. The molecule has 4 heteroatoms. The summed E-state index contributed by atoms with van der Waals surface area (Å²) in [4.78, 5) is 12.5. The number of carbonyl (C=O) groups is 1. The van der Waals surface area contributed by atoms with Gasteiger partial charge in [-0.2, -0.15) is 0 Å². The van der Waals surface area contributed by atoms with Crippen molar-refractivity contribution in [2.75, 3.05) is 26.8 Å². The molecule has 0 aliphatic carbocycles. The van der Waals surface area contributed by atoms with Crippen molar-refractivity contribution in [3.63, 3.8) is 0 Å². The second kappa shape index (κ2) is 5.37. The lowest BCUT2D eigenvalue weighted by atomic mass is 10.2. The standard InChI is InChI=1S/C9H14ClNO2/c1-11(5-2-3-9(10)12)8-4-6-13-7-8/h2-3,8H,4-7H2,1H3/t8-/m0/s1. The molecular weight excluding hydrogens is 190 g/mol. The second-order valence-corrected chi connectivity index (χ2v) is 3.54. The molecule has 0 saturated carbocycles. The Bertz CT molecular complexity index is 200. The molecule has 0 unspecified atom stereocenters. The predicted molar refractivity (Wildman–Crippen MR) is 51.9 cm³/mol. The summed E-state index contributed by atoms with van der Waals surface area (Å²) >= 11 is 5.15. The van der Waals surface area contributed by atoms with Gasteiger partial charge in [0.15, 0.2) is 0 Å². The van der Waals surface area contributed by atoms with E-state index in [0.717, 1.165) is 26.2 Å². The van der Waals surface area contributed by atoms with E-state index >= 15 is 0 Å². The van der Waals surface area contributed by atoms with Gasteiger partial charge in [0.2, 0.25) is 5.24 Å². The maximum atomic E-state index is 10.4. The van der Waals surface area contributed by atoms with Gasteiger partial charge in [-0.1, -0.05) is 6.08 Å². The molecule has 1 aliphatic heterocycles. The van der Waals surface area contributed by atoms with Crippen LogP contribution in [0.5, 0.6) is 0 Å². The number of carbonyl (C=O) groups excluding carboxylic acids is 1. The van der Waals surface area contributed by atoms with Gasteiger partial charge in [-0.15, -0.1) is 0 Å². The van der Waals surface area contributed by atoms with Crippen molar-refractivity contribution in [2.24, 2.45) is 0 Å². The van der Waals surface area contributed by atoms with Crippen LogP contribution in [-0.4, -0.2) is 43.0 Å². The molecule has 74 valence electrons. The molecule has 1 rings (SSSR count). The molecule has 13 heavy (non-hydrogen) atoms. The van der Waals surface area contributed by atoms with E-state index in [0.29, 0.717) is 6.04 Å². The van der Waals surface area contributed by atoms with Crippen molar-refractivity contribution >= 4 is 16.8 Å². The molecule has 0 amide bonds. The van der Waals surface area contributed by atoms with Crippen molar-refractivity contribution in [3.8, 4) is 0 Å². The molecule has 1 aliphatic rings. The summed E-state index contributed by atoms with van der Waals surface area (Å²) in [5.41, 5.74) is 0. The van der Waals surface area contributed by atoms with Crippen LogP contribution in [0.15, 0.2) is 12.2 Å². The van der Waals surface area contributed by atoms with Gasteiger partial charge in [0.05, 0.1) is 6.61 Å². The lowest BCUT2D eigenvalue weighted by Gasteiger charge is -2.20. The predicted octanol–water partition coefficient (Wildman–Crippen LogP) is 1.03. The van der Waals surface area contributed by atoms with Crippen molar-refractivity contribution in [1.82, 2.24) is 4.90 Å². The summed E-state index contributed by atoms with van der Waals surface area (Å²) in [7, 11) is 2.02. The third kappa shape index (κ3) is 3.89. The molecule has 0 bridgehead atoms. The van der Waals surface area contributed by atoms with Crippen molar-refractivity contribution in [2.45, 2.75) is 12.5 Å². The number of likely N-dealkylation sites (N-methyl/N-ethyl adjacent to an activating group) is 1. The van der Waals surface area contributed by atoms with Crippen LogP contribution in [0.25, 0.3) is 0 Å². The van der Waals surface area contributed by atoms with E-state index in [1.165, 1.54) is 6.08 Å². The van der Waals surface area contributed by atoms with Crippen LogP contribution in [0.1, 0.15) is 6.42 Å². The first-order valence-corrected chi connectivity index (χ1v) is 4.72. The van der Waals surface area contributed by atoms with E-state index in [1.54, 1.807) is 6.08 Å². The van der Waals surface area contributed by atoms with Gasteiger partial charge in [-0.3, -0.25) is 9.69 Å². The van der Waals surface area contributed by atoms with Crippen LogP contribution in [0.3, 0.4) is 0 Å². The number of hydrogen-bond acceptors (Lipinski definition) is 3. The maximum absolute atomic E-state index is 10.4. The lowest BCUT2D eigenvalue weighted by Crippen LogP contribution is -2.31. The number of allylic oxidation sites excluding steroid dienone is 1. The first kappa shape index (κ1) is 10.7. The summed E-state index contributed by atoms with van der Waals surface area (Å²) < 4.78 is 5.25. The molecule has 1 saturated heterocycles. The van der Waals surface area contributed by atoms with E-state index < -0.39 is 5.24 Å². The average molecular weight is 204 g/mol. The smallest absolute Gasteiger partial charge is 0.244 e. The number of nitrogens with zero attached hydrogens (tertiary/aromatic N) is 1. The van der Waals surface area contributed by atoms with Crippen LogP contribution in [0.2, 0.25) is 0 Å². The topological polar surface area (TPSA) is 29.5 Å². The van der Waals surface area contributed by atoms with Gasteiger partial charge < -0.3 is 4.74 Å². The summed E-state index contributed by atoms with van der Waals surface area (Å²) in [5, 5.41) is -0.420. The molecule has 0 spiro atoms. The number of ether oxygens (including phenoxy) is 1. The second-order valence-electron chi connectivity index (χ2n) is 3.16. The SMILES string of the molecule is CN(CC=CC(=O)Cl)[C@H]1CCOC1. The summed E-state index contributed by atoms with van der Waals surface area (Å²) in [6, 6.07) is 0.482. The fourth-order valence-corrected chi connectivity index (χ4v) is 1.42. The molecular formula is C9H14ClNO2. The molecule has 0 N–H and O–H groups in total. The summed E-state index contributed by atoms with van der Waals surface area (Å²) in [6.45, 7) is 2.37. The number of hydrogen-bond donors (Lipinski definition) is 0. The highest BCUT2D eigenvalue weighted by molar-refractivity contribution is 6.66. The number of halogens is 1. The zero-order valence-corrected chi connectivity index (χ0v) is 8.46. The van der Waals surface area contributed by atoms with Gasteiger partial charge in [0, 0.05) is 19.2 Å². The van der Waals surface area contributed by atoms with Crippen LogP contribution in [0, 0.1) is 0 Å². The Morgan fingerprint density at radius 1 is 1.77 bits per heavy atom. The quantitative estimate of drug-likeness (QED) is 0.505. The molecule has 0 aromatic rings. The van der Waals surface area contributed by atoms with Gasteiger partial charge in [-0.05, 0) is 31.1 Å². The molecule has 1 fully saturated rings. The normalized spacial score (nSPS) is 23.2. The number of rotatable bonds is 4. The molecule has 1 heterocycles. The highest BCUT2D eigenvalue weighted by atomic mass is 35.5. The van der Waals surface area contributed by atoms with Gasteiger partial charge >= 0.3 is 0 Å². The zero-order valence-electron chi connectivity index (χ0n) is 7.70. The molecule has 3 nitrogen and oxygen atoms in total.